The molecule has 1 saturated heterocycles. The minimum absolute atomic E-state index is 0.0742. The van der Waals surface area contributed by atoms with Crippen LogP contribution < -0.4 is 15.2 Å². The SMILES string of the molecule is COc1cc(C=C(CN)B2OC(C)(C)C(C)(C)O2)c(C(=O)O)cc1OC. The first-order valence-corrected chi connectivity index (χ1v) is 8.31. The molecule has 0 aromatic heterocycles. The maximum atomic E-state index is 11.7. The molecule has 7 nitrogen and oxygen atoms in total. The van der Waals surface area contributed by atoms with E-state index in [9.17, 15) is 9.90 Å². The number of nitrogens with two attached hydrogens (primary N) is 1. The molecule has 142 valence electrons. The molecule has 0 spiro atoms. The summed E-state index contributed by atoms with van der Waals surface area (Å²) in [6.45, 7) is 7.94. The van der Waals surface area contributed by atoms with Gasteiger partial charge in [0.25, 0.3) is 0 Å². The van der Waals surface area contributed by atoms with Crippen LogP contribution in [0, 0.1) is 0 Å². The minimum Gasteiger partial charge on any atom is -0.493 e. The monoisotopic (exact) mass is 363 g/mol. The Morgan fingerprint density at radius 1 is 1.15 bits per heavy atom. The van der Waals surface area contributed by atoms with Gasteiger partial charge in [-0.15, -0.1) is 0 Å². The van der Waals surface area contributed by atoms with Crippen molar-refractivity contribution in [1.29, 1.82) is 0 Å². The van der Waals surface area contributed by atoms with Crippen LogP contribution in [0.5, 0.6) is 11.5 Å². The van der Waals surface area contributed by atoms with Gasteiger partial charge in [-0.3, -0.25) is 0 Å². The van der Waals surface area contributed by atoms with Crippen molar-refractivity contribution in [3.8, 4) is 11.5 Å². The second kappa shape index (κ2) is 7.30. The van der Waals surface area contributed by atoms with Crippen LogP contribution in [-0.2, 0) is 9.31 Å². The van der Waals surface area contributed by atoms with Crippen molar-refractivity contribution in [2.45, 2.75) is 38.9 Å². The summed E-state index contributed by atoms with van der Waals surface area (Å²) >= 11 is 0. The molecule has 1 aromatic rings. The average Bonchev–Trinajstić information content (AvgIpc) is 2.79. The third kappa shape index (κ3) is 3.72. The topological polar surface area (TPSA) is 100 Å². The van der Waals surface area contributed by atoms with Gasteiger partial charge in [0.2, 0.25) is 0 Å². The minimum atomic E-state index is -1.08. The van der Waals surface area contributed by atoms with Gasteiger partial charge in [0, 0.05) is 6.54 Å². The number of carbonyl (C=O) groups is 1. The molecule has 0 aliphatic carbocycles. The fourth-order valence-corrected chi connectivity index (χ4v) is 2.62. The maximum Gasteiger partial charge on any atom is 0.491 e. The number of hydrogen-bond acceptors (Lipinski definition) is 6. The van der Waals surface area contributed by atoms with Crippen LogP contribution in [0.25, 0.3) is 6.08 Å². The fourth-order valence-electron chi connectivity index (χ4n) is 2.62. The highest BCUT2D eigenvalue weighted by Crippen LogP contribution is 2.39. The lowest BCUT2D eigenvalue weighted by Crippen LogP contribution is -2.41. The number of methoxy groups -OCH3 is 2. The smallest absolute Gasteiger partial charge is 0.491 e. The highest BCUT2D eigenvalue weighted by atomic mass is 16.7. The molecule has 1 heterocycles. The van der Waals surface area contributed by atoms with Crippen molar-refractivity contribution in [2.75, 3.05) is 20.8 Å². The summed E-state index contributed by atoms with van der Waals surface area (Å²) in [6.07, 6.45) is 1.67. The Bertz CT molecular complexity index is 713. The Hall–Kier alpha value is -2.03. The zero-order chi connectivity index (χ0) is 19.7. The number of benzene rings is 1. The van der Waals surface area contributed by atoms with Gasteiger partial charge >= 0.3 is 13.1 Å². The lowest BCUT2D eigenvalue weighted by Gasteiger charge is -2.32. The van der Waals surface area contributed by atoms with Crippen LogP contribution >= 0.6 is 0 Å². The normalized spacial score (nSPS) is 18.7. The van der Waals surface area contributed by atoms with Crippen LogP contribution in [0.4, 0.5) is 0 Å². The molecule has 0 atom stereocenters. The van der Waals surface area contributed by atoms with Crippen LogP contribution in [0.3, 0.4) is 0 Å². The summed E-state index contributed by atoms with van der Waals surface area (Å²) in [7, 11) is 2.29. The Labute approximate surface area is 154 Å². The van der Waals surface area contributed by atoms with E-state index in [4.69, 9.17) is 24.5 Å². The van der Waals surface area contributed by atoms with Crippen LogP contribution in [0.15, 0.2) is 17.6 Å². The Morgan fingerprint density at radius 2 is 1.65 bits per heavy atom. The third-order valence-electron chi connectivity index (χ3n) is 4.92. The van der Waals surface area contributed by atoms with E-state index in [0.717, 1.165) is 0 Å². The molecule has 0 amide bonds. The Morgan fingerprint density at radius 3 is 2.08 bits per heavy atom. The second-order valence-corrected chi connectivity index (χ2v) is 7.11. The molecule has 0 radical (unpaired) electrons. The van der Waals surface area contributed by atoms with Crippen molar-refractivity contribution in [3.05, 3.63) is 28.7 Å². The van der Waals surface area contributed by atoms with E-state index < -0.39 is 24.3 Å². The van der Waals surface area contributed by atoms with E-state index in [0.29, 0.717) is 22.5 Å². The predicted molar refractivity (Wildman–Crippen MR) is 99.6 cm³/mol. The molecule has 0 bridgehead atoms. The van der Waals surface area contributed by atoms with Gasteiger partial charge in [0.1, 0.15) is 0 Å². The molecule has 26 heavy (non-hydrogen) atoms. The zero-order valence-corrected chi connectivity index (χ0v) is 16.1. The molecule has 8 heteroatoms. The van der Waals surface area contributed by atoms with E-state index in [1.807, 2.05) is 27.7 Å². The van der Waals surface area contributed by atoms with Crippen molar-refractivity contribution < 1.29 is 28.7 Å². The molecule has 1 aliphatic rings. The molecular weight excluding hydrogens is 337 g/mol. The lowest BCUT2D eigenvalue weighted by atomic mass is 9.76. The van der Waals surface area contributed by atoms with Gasteiger partial charge < -0.3 is 29.6 Å². The predicted octanol–water partition coefficient (Wildman–Crippen LogP) is 2.38. The van der Waals surface area contributed by atoms with Gasteiger partial charge in [0.15, 0.2) is 11.5 Å². The number of rotatable bonds is 6. The molecule has 2 rings (SSSR count). The summed E-state index contributed by atoms with van der Waals surface area (Å²) in [6, 6.07) is 3.02. The van der Waals surface area contributed by atoms with Gasteiger partial charge in [-0.25, -0.2) is 4.79 Å². The quantitative estimate of drug-likeness (QED) is 0.749. The van der Waals surface area contributed by atoms with E-state index in [1.54, 1.807) is 12.1 Å². The summed E-state index contributed by atoms with van der Waals surface area (Å²) in [5, 5.41) is 9.55. The standard InChI is InChI=1S/C18H26BNO6/c1-17(2)18(3,4)26-19(25-17)12(10-20)7-11-8-14(23-5)15(24-6)9-13(11)16(21)22/h7-9H,10,20H2,1-6H3,(H,21,22). The van der Waals surface area contributed by atoms with Crippen LogP contribution in [0.2, 0.25) is 0 Å². The van der Waals surface area contributed by atoms with Gasteiger partial charge in [-0.1, -0.05) is 6.08 Å². The van der Waals surface area contributed by atoms with Crippen molar-refractivity contribution in [3.63, 3.8) is 0 Å². The highest BCUT2D eigenvalue weighted by molar-refractivity contribution is 6.56. The fraction of sp³-hybridized carbons (Fsp3) is 0.500. The lowest BCUT2D eigenvalue weighted by molar-refractivity contribution is 0.00578. The van der Waals surface area contributed by atoms with Crippen molar-refractivity contribution in [2.24, 2.45) is 5.73 Å². The van der Waals surface area contributed by atoms with E-state index in [1.165, 1.54) is 20.3 Å². The molecule has 0 saturated carbocycles. The molecule has 0 unspecified atom stereocenters. The number of carboxylic acid groups (broad SMARTS) is 1. The first kappa shape index (κ1) is 20.3. The summed E-state index contributed by atoms with van der Waals surface area (Å²) in [5.41, 5.74) is 6.02. The summed E-state index contributed by atoms with van der Waals surface area (Å²) in [4.78, 5) is 11.7. The molecule has 1 fully saturated rings. The second-order valence-electron chi connectivity index (χ2n) is 7.11. The molecule has 1 aromatic carbocycles. The first-order chi connectivity index (χ1) is 12.1. The van der Waals surface area contributed by atoms with Crippen molar-refractivity contribution >= 4 is 19.2 Å². The number of ether oxygens (including phenoxy) is 2. The first-order valence-electron chi connectivity index (χ1n) is 8.31. The Kier molecular flexibility index (Phi) is 5.70. The van der Waals surface area contributed by atoms with Crippen LogP contribution in [0.1, 0.15) is 43.6 Å². The van der Waals surface area contributed by atoms with E-state index in [2.05, 4.69) is 0 Å². The number of hydrogen-bond donors (Lipinski definition) is 2. The highest BCUT2D eigenvalue weighted by Gasteiger charge is 2.52. The average molecular weight is 363 g/mol. The molecular formula is C18H26BNO6. The third-order valence-corrected chi connectivity index (χ3v) is 4.92. The largest absolute Gasteiger partial charge is 0.493 e. The number of aromatic carboxylic acids is 1. The van der Waals surface area contributed by atoms with Gasteiger partial charge in [-0.2, -0.15) is 0 Å². The number of carboxylic acids is 1. The van der Waals surface area contributed by atoms with Gasteiger partial charge in [0.05, 0.1) is 31.0 Å². The Balaban J connectivity index is 2.51. The zero-order valence-electron chi connectivity index (χ0n) is 16.1. The summed E-state index contributed by atoms with van der Waals surface area (Å²) < 4.78 is 22.5. The van der Waals surface area contributed by atoms with E-state index >= 15 is 0 Å². The van der Waals surface area contributed by atoms with E-state index in [-0.39, 0.29) is 12.1 Å². The summed E-state index contributed by atoms with van der Waals surface area (Å²) in [5.74, 6) is -0.316. The van der Waals surface area contributed by atoms with Gasteiger partial charge in [-0.05, 0) is 50.9 Å². The van der Waals surface area contributed by atoms with Crippen molar-refractivity contribution in [1.82, 2.24) is 0 Å². The molecule has 1 aliphatic heterocycles. The molecule has 3 N–H and O–H groups in total. The maximum absolute atomic E-state index is 11.7. The van der Waals surface area contributed by atoms with Crippen LogP contribution in [-0.4, -0.2) is 50.2 Å².